The first-order chi connectivity index (χ1) is 7.08. The molecule has 2 amide bonds. The number of nitrogens with one attached hydrogen (secondary N) is 2. The SMILES string of the molecule is CC(=O)NCC(=O)Nc1cnc(Cl)cn1. The molecule has 0 aliphatic heterocycles. The van der Waals surface area contributed by atoms with Gasteiger partial charge >= 0.3 is 0 Å². The number of hydrogen-bond donors (Lipinski definition) is 2. The highest BCUT2D eigenvalue weighted by atomic mass is 35.5. The Bertz CT molecular complexity index is 365. The van der Waals surface area contributed by atoms with Crippen LogP contribution in [0.4, 0.5) is 5.82 Å². The first-order valence-corrected chi connectivity index (χ1v) is 4.47. The summed E-state index contributed by atoms with van der Waals surface area (Å²) >= 11 is 5.51. The molecule has 0 bridgehead atoms. The maximum atomic E-state index is 11.2. The smallest absolute Gasteiger partial charge is 0.244 e. The minimum Gasteiger partial charge on any atom is -0.347 e. The molecule has 7 heteroatoms. The standard InChI is InChI=1S/C8H9ClN4O2/c1-5(14)10-4-8(15)13-7-3-11-6(9)2-12-7/h2-3H,4H2,1H3,(H,10,14)(H,12,13,15). The average molecular weight is 229 g/mol. The molecule has 6 nitrogen and oxygen atoms in total. The molecule has 1 rings (SSSR count). The zero-order valence-electron chi connectivity index (χ0n) is 7.95. The van der Waals surface area contributed by atoms with Crippen LogP contribution in [0.15, 0.2) is 12.4 Å². The van der Waals surface area contributed by atoms with Crippen molar-refractivity contribution < 1.29 is 9.59 Å². The minimum atomic E-state index is -0.373. The summed E-state index contributed by atoms with van der Waals surface area (Å²) in [6.07, 6.45) is 2.64. The van der Waals surface area contributed by atoms with E-state index in [4.69, 9.17) is 11.6 Å². The Labute approximate surface area is 91.1 Å². The normalized spacial score (nSPS) is 9.47. The predicted octanol–water partition coefficient (Wildman–Crippen LogP) is 0.205. The fraction of sp³-hybridized carbons (Fsp3) is 0.250. The maximum absolute atomic E-state index is 11.2. The van der Waals surface area contributed by atoms with Crippen LogP contribution in [0, 0.1) is 0 Å². The van der Waals surface area contributed by atoms with E-state index >= 15 is 0 Å². The number of aromatic nitrogens is 2. The Balaban J connectivity index is 2.44. The molecule has 2 N–H and O–H groups in total. The highest BCUT2D eigenvalue weighted by molar-refractivity contribution is 6.29. The van der Waals surface area contributed by atoms with Gasteiger partial charge in [-0.1, -0.05) is 11.6 Å². The molecule has 0 saturated heterocycles. The monoisotopic (exact) mass is 228 g/mol. The number of halogens is 1. The molecule has 0 atom stereocenters. The molecular weight excluding hydrogens is 220 g/mol. The number of anilines is 1. The van der Waals surface area contributed by atoms with E-state index in [0.29, 0.717) is 0 Å². The Hall–Kier alpha value is -1.69. The Morgan fingerprint density at radius 2 is 2.13 bits per heavy atom. The predicted molar refractivity (Wildman–Crippen MR) is 54.4 cm³/mol. The molecule has 0 radical (unpaired) electrons. The number of amides is 2. The number of nitrogens with zero attached hydrogens (tertiary/aromatic N) is 2. The zero-order chi connectivity index (χ0) is 11.3. The van der Waals surface area contributed by atoms with Crippen LogP contribution < -0.4 is 10.6 Å². The van der Waals surface area contributed by atoms with Gasteiger partial charge in [0.2, 0.25) is 11.8 Å². The molecule has 15 heavy (non-hydrogen) atoms. The van der Waals surface area contributed by atoms with Crippen molar-refractivity contribution in [1.29, 1.82) is 0 Å². The molecule has 0 saturated carbocycles. The van der Waals surface area contributed by atoms with E-state index in [0.717, 1.165) is 0 Å². The molecule has 1 aromatic rings. The van der Waals surface area contributed by atoms with Gasteiger partial charge in [-0.05, 0) is 0 Å². The van der Waals surface area contributed by atoms with Gasteiger partial charge in [0.05, 0.1) is 18.9 Å². The summed E-state index contributed by atoms with van der Waals surface area (Å²) in [5, 5.41) is 5.04. The third-order valence-corrected chi connectivity index (χ3v) is 1.58. The lowest BCUT2D eigenvalue weighted by atomic mass is 10.5. The molecule has 0 aliphatic carbocycles. The second kappa shape index (κ2) is 5.26. The average Bonchev–Trinajstić information content (AvgIpc) is 2.19. The van der Waals surface area contributed by atoms with E-state index in [-0.39, 0.29) is 29.3 Å². The van der Waals surface area contributed by atoms with E-state index < -0.39 is 0 Å². The van der Waals surface area contributed by atoms with Crippen LogP contribution in [-0.4, -0.2) is 28.3 Å². The van der Waals surface area contributed by atoms with Gasteiger partial charge < -0.3 is 10.6 Å². The third kappa shape index (κ3) is 4.37. The number of carbonyl (C=O) groups is 2. The van der Waals surface area contributed by atoms with Crippen molar-refractivity contribution in [2.45, 2.75) is 6.92 Å². The summed E-state index contributed by atoms with van der Waals surface area (Å²) in [6.45, 7) is 1.23. The lowest BCUT2D eigenvalue weighted by molar-refractivity contribution is -0.122. The molecule has 0 unspecified atom stereocenters. The molecule has 0 aromatic carbocycles. The highest BCUT2D eigenvalue weighted by Gasteiger charge is 2.03. The summed E-state index contributed by atoms with van der Waals surface area (Å²) in [5.41, 5.74) is 0. The van der Waals surface area contributed by atoms with E-state index in [9.17, 15) is 9.59 Å². The van der Waals surface area contributed by atoms with Gasteiger partial charge in [0, 0.05) is 6.92 Å². The van der Waals surface area contributed by atoms with Crippen molar-refractivity contribution >= 4 is 29.2 Å². The fourth-order valence-electron chi connectivity index (χ4n) is 0.769. The van der Waals surface area contributed by atoms with Crippen LogP contribution in [0.2, 0.25) is 5.15 Å². The first kappa shape index (κ1) is 11.4. The summed E-state index contributed by atoms with van der Waals surface area (Å²) in [4.78, 5) is 29.2. The largest absolute Gasteiger partial charge is 0.347 e. The summed E-state index contributed by atoms with van der Waals surface area (Å²) in [7, 11) is 0. The van der Waals surface area contributed by atoms with Crippen molar-refractivity contribution in [3.63, 3.8) is 0 Å². The van der Waals surface area contributed by atoms with Gasteiger partial charge in [0.1, 0.15) is 5.15 Å². The van der Waals surface area contributed by atoms with E-state index in [1.165, 1.54) is 19.3 Å². The lowest BCUT2D eigenvalue weighted by Gasteiger charge is -2.03. The number of rotatable bonds is 3. The van der Waals surface area contributed by atoms with Crippen LogP contribution in [0.1, 0.15) is 6.92 Å². The van der Waals surface area contributed by atoms with Crippen molar-refractivity contribution in [2.24, 2.45) is 0 Å². The molecule has 0 spiro atoms. The van der Waals surface area contributed by atoms with Gasteiger partial charge in [-0.25, -0.2) is 9.97 Å². The maximum Gasteiger partial charge on any atom is 0.244 e. The molecular formula is C8H9ClN4O2. The van der Waals surface area contributed by atoms with Crippen molar-refractivity contribution in [2.75, 3.05) is 11.9 Å². The molecule has 0 fully saturated rings. The quantitative estimate of drug-likeness (QED) is 0.774. The lowest BCUT2D eigenvalue weighted by Crippen LogP contribution is -2.31. The second-order valence-electron chi connectivity index (χ2n) is 2.68. The van der Waals surface area contributed by atoms with Crippen LogP contribution in [0.3, 0.4) is 0 Å². The van der Waals surface area contributed by atoms with Crippen LogP contribution in [0.25, 0.3) is 0 Å². The highest BCUT2D eigenvalue weighted by Crippen LogP contribution is 2.04. The Morgan fingerprint density at radius 1 is 1.40 bits per heavy atom. The van der Waals surface area contributed by atoms with Crippen molar-refractivity contribution in [3.05, 3.63) is 17.5 Å². The third-order valence-electron chi connectivity index (χ3n) is 1.39. The van der Waals surface area contributed by atoms with E-state index in [2.05, 4.69) is 20.6 Å². The topological polar surface area (TPSA) is 84.0 Å². The summed E-state index contributed by atoms with van der Waals surface area (Å²) < 4.78 is 0. The van der Waals surface area contributed by atoms with Gasteiger partial charge in [-0.15, -0.1) is 0 Å². The minimum absolute atomic E-state index is 0.0976. The van der Waals surface area contributed by atoms with Crippen LogP contribution >= 0.6 is 11.6 Å². The van der Waals surface area contributed by atoms with Crippen molar-refractivity contribution in [3.8, 4) is 0 Å². The molecule has 1 heterocycles. The molecule has 1 aromatic heterocycles. The van der Waals surface area contributed by atoms with Gasteiger partial charge in [0.15, 0.2) is 5.82 Å². The van der Waals surface area contributed by atoms with Gasteiger partial charge in [-0.2, -0.15) is 0 Å². The van der Waals surface area contributed by atoms with Crippen LogP contribution in [0.5, 0.6) is 0 Å². The second-order valence-corrected chi connectivity index (χ2v) is 3.07. The summed E-state index contributed by atoms with van der Waals surface area (Å²) in [5.74, 6) is -0.357. The molecule has 80 valence electrons. The van der Waals surface area contributed by atoms with Crippen molar-refractivity contribution in [1.82, 2.24) is 15.3 Å². The Morgan fingerprint density at radius 3 is 2.67 bits per heavy atom. The number of hydrogen-bond acceptors (Lipinski definition) is 4. The molecule has 0 aliphatic rings. The van der Waals surface area contributed by atoms with E-state index in [1.54, 1.807) is 0 Å². The van der Waals surface area contributed by atoms with Gasteiger partial charge in [0.25, 0.3) is 0 Å². The van der Waals surface area contributed by atoms with E-state index in [1.807, 2.05) is 0 Å². The summed E-state index contributed by atoms with van der Waals surface area (Å²) in [6, 6.07) is 0. The van der Waals surface area contributed by atoms with Gasteiger partial charge in [-0.3, -0.25) is 9.59 Å². The van der Waals surface area contributed by atoms with Crippen LogP contribution in [-0.2, 0) is 9.59 Å². The Kier molecular flexibility index (Phi) is 3.99. The fourth-order valence-corrected chi connectivity index (χ4v) is 0.866. The zero-order valence-corrected chi connectivity index (χ0v) is 8.71. The first-order valence-electron chi connectivity index (χ1n) is 4.10. The number of carbonyl (C=O) groups excluding carboxylic acids is 2.